The van der Waals surface area contributed by atoms with E-state index < -0.39 is 11.4 Å². The summed E-state index contributed by atoms with van der Waals surface area (Å²) in [6, 6.07) is 4.16. The monoisotopic (exact) mass is 274 g/mol. The zero-order valence-electron chi connectivity index (χ0n) is 13.1. The van der Waals surface area contributed by atoms with Crippen LogP contribution in [0.5, 0.6) is 0 Å². The van der Waals surface area contributed by atoms with Gasteiger partial charge in [-0.15, -0.1) is 0 Å². The highest BCUT2D eigenvalue weighted by molar-refractivity contribution is 5.82. The average Bonchev–Trinajstić information content (AvgIpc) is 2.37. The molecule has 2 nitrogen and oxygen atoms in total. The van der Waals surface area contributed by atoms with Crippen molar-refractivity contribution in [3.63, 3.8) is 0 Å². The summed E-state index contributed by atoms with van der Waals surface area (Å²) in [6.07, 6.45) is 5.01. The van der Waals surface area contributed by atoms with Crippen LogP contribution < -0.4 is 0 Å². The molecular formula is C18H26O2. The summed E-state index contributed by atoms with van der Waals surface area (Å²) in [4.78, 5) is 11.7. The zero-order chi connectivity index (χ0) is 14.9. The maximum Gasteiger partial charge on any atom is 0.313 e. The fourth-order valence-corrected chi connectivity index (χ4v) is 3.37. The van der Waals surface area contributed by atoms with Crippen LogP contribution in [0.25, 0.3) is 0 Å². The third kappa shape index (κ3) is 2.61. The van der Waals surface area contributed by atoms with E-state index in [0.717, 1.165) is 31.2 Å². The Morgan fingerprint density at radius 3 is 2.70 bits per heavy atom. The van der Waals surface area contributed by atoms with E-state index in [9.17, 15) is 9.90 Å². The van der Waals surface area contributed by atoms with Crippen molar-refractivity contribution in [1.29, 1.82) is 0 Å². The lowest BCUT2D eigenvalue weighted by Gasteiger charge is -2.34. The second kappa shape index (κ2) is 5.59. The van der Waals surface area contributed by atoms with E-state index in [0.29, 0.717) is 5.92 Å². The number of rotatable bonds is 4. The number of carboxylic acids is 1. The van der Waals surface area contributed by atoms with Crippen molar-refractivity contribution in [2.24, 2.45) is 5.92 Å². The van der Waals surface area contributed by atoms with Gasteiger partial charge in [0.15, 0.2) is 0 Å². The smallest absolute Gasteiger partial charge is 0.313 e. The molecule has 1 N–H and O–H groups in total. The van der Waals surface area contributed by atoms with Crippen molar-refractivity contribution >= 4 is 5.97 Å². The first-order valence-electron chi connectivity index (χ1n) is 7.71. The van der Waals surface area contributed by atoms with Crippen molar-refractivity contribution in [2.45, 2.75) is 65.2 Å². The van der Waals surface area contributed by atoms with Gasteiger partial charge in [0.2, 0.25) is 0 Å². The van der Waals surface area contributed by atoms with Crippen molar-refractivity contribution in [3.8, 4) is 0 Å². The first-order chi connectivity index (χ1) is 9.36. The van der Waals surface area contributed by atoms with E-state index >= 15 is 0 Å². The van der Waals surface area contributed by atoms with Gasteiger partial charge in [0.1, 0.15) is 0 Å². The largest absolute Gasteiger partial charge is 0.481 e. The minimum atomic E-state index is -0.701. The van der Waals surface area contributed by atoms with Gasteiger partial charge in [-0.25, -0.2) is 0 Å². The van der Waals surface area contributed by atoms with Crippen LogP contribution in [0, 0.1) is 12.8 Å². The number of aryl methyl sites for hydroxylation is 1. The molecular weight excluding hydrogens is 248 g/mol. The number of fused-ring (bicyclic) bond motifs is 1. The Kier molecular flexibility index (Phi) is 4.22. The number of carbonyl (C=O) groups is 1. The maximum absolute atomic E-state index is 11.7. The Morgan fingerprint density at radius 1 is 1.40 bits per heavy atom. The quantitative estimate of drug-likeness (QED) is 0.890. The molecule has 0 heterocycles. The van der Waals surface area contributed by atoms with Crippen LogP contribution in [-0.4, -0.2) is 11.1 Å². The molecule has 1 atom stereocenters. The van der Waals surface area contributed by atoms with Crippen molar-refractivity contribution in [3.05, 3.63) is 34.4 Å². The van der Waals surface area contributed by atoms with Crippen LogP contribution in [0.2, 0.25) is 0 Å². The SMILES string of the molecule is Cc1ccc2c(c1CCC(C)C)CCC[C@]2(C)C(=O)O. The van der Waals surface area contributed by atoms with Gasteiger partial charge in [-0.1, -0.05) is 26.0 Å². The molecule has 0 bridgehead atoms. The number of hydrogen-bond acceptors (Lipinski definition) is 1. The summed E-state index contributed by atoms with van der Waals surface area (Å²) in [5.41, 5.74) is 4.40. The highest BCUT2D eigenvalue weighted by atomic mass is 16.4. The normalized spacial score (nSPS) is 21.9. The molecule has 0 aliphatic heterocycles. The number of carboxylic acid groups (broad SMARTS) is 1. The Labute approximate surface area is 122 Å². The lowest BCUT2D eigenvalue weighted by Crippen LogP contribution is -2.36. The summed E-state index contributed by atoms with van der Waals surface area (Å²) in [7, 11) is 0. The Morgan fingerprint density at radius 2 is 2.10 bits per heavy atom. The molecule has 2 heteroatoms. The minimum Gasteiger partial charge on any atom is -0.481 e. The van der Waals surface area contributed by atoms with E-state index in [1.165, 1.54) is 23.1 Å². The second-order valence-corrected chi connectivity index (χ2v) is 6.81. The van der Waals surface area contributed by atoms with E-state index in [4.69, 9.17) is 0 Å². The topological polar surface area (TPSA) is 37.3 Å². The van der Waals surface area contributed by atoms with Gasteiger partial charge in [-0.3, -0.25) is 4.79 Å². The molecule has 110 valence electrons. The molecule has 1 aliphatic carbocycles. The van der Waals surface area contributed by atoms with Crippen molar-refractivity contribution in [2.75, 3.05) is 0 Å². The molecule has 20 heavy (non-hydrogen) atoms. The fraction of sp³-hybridized carbons (Fsp3) is 0.611. The third-order valence-corrected chi connectivity index (χ3v) is 4.81. The molecule has 1 aromatic carbocycles. The van der Waals surface area contributed by atoms with Crippen LogP contribution >= 0.6 is 0 Å². The molecule has 2 rings (SSSR count). The highest BCUT2D eigenvalue weighted by Gasteiger charge is 2.39. The van der Waals surface area contributed by atoms with E-state index in [1.54, 1.807) is 0 Å². The second-order valence-electron chi connectivity index (χ2n) is 6.81. The predicted octanol–water partition coefficient (Wildman–Crippen LogP) is 4.26. The molecule has 0 spiro atoms. The summed E-state index contributed by atoms with van der Waals surface area (Å²) >= 11 is 0. The molecule has 0 aromatic heterocycles. The Hall–Kier alpha value is -1.31. The van der Waals surface area contributed by atoms with E-state index in [-0.39, 0.29) is 0 Å². The fourth-order valence-electron chi connectivity index (χ4n) is 3.37. The van der Waals surface area contributed by atoms with Crippen LogP contribution in [0.15, 0.2) is 12.1 Å². The number of benzene rings is 1. The molecule has 0 radical (unpaired) electrons. The Bertz CT molecular complexity index is 516. The molecule has 0 unspecified atom stereocenters. The Balaban J connectivity index is 2.48. The van der Waals surface area contributed by atoms with Crippen LogP contribution in [0.1, 0.15) is 62.3 Å². The molecule has 0 saturated heterocycles. The summed E-state index contributed by atoms with van der Waals surface area (Å²) in [6.45, 7) is 8.52. The molecule has 1 aromatic rings. The van der Waals surface area contributed by atoms with Gasteiger partial charge in [-0.2, -0.15) is 0 Å². The van der Waals surface area contributed by atoms with Gasteiger partial charge in [0, 0.05) is 0 Å². The van der Waals surface area contributed by atoms with E-state index in [1.807, 2.05) is 6.92 Å². The first kappa shape index (κ1) is 15.1. The lowest BCUT2D eigenvalue weighted by molar-refractivity contribution is -0.143. The molecule has 0 saturated carbocycles. The molecule has 1 aliphatic rings. The summed E-state index contributed by atoms with van der Waals surface area (Å²) in [5.74, 6) is -0.00295. The number of aliphatic carboxylic acids is 1. The molecule has 0 amide bonds. The average molecular weight is 274 g/mol. The molecule has 0 fully saturated rings. The maximum atomic E-state index is 11.7. The van der Waals surface area contributed by atoms with Gasteiger partial charge in [0.05, 0.1) is 5.41 Å². The van der Waals surface area contributed by atoms with Crippen molar-refractivity contribution in [1.82, 2.24) is 0 Å². The summed E-state index contributed by atoms with van der Waals surface area (Å²) in [5, 5.41) is 9.62. The van der Waals surface area contributed by atoms with Gasteiger partial charge >= 0.3 is 5.97 Å². The van der Waals surface area contributed by atoms with Gasteiger partial charge in [0.25, 0.3) is 0 Å². The van der Waals surface area contributed by atoms with E-state index in [2.05, 4.69) is 32.9 Å². The predicted molar refractivity (Wildman–Crippen MR) is 82.3 cm³/mol. The highest BCUT2D eigenvalue weighted by Crippen LogP contribution is 2.40. The van der Waals surface area contributed by atoms with Crippen LogP contribution in [0.4, 0.5) is 0 Å². The van der Waals surface area contributed by atoms with Gasteiger partial charge in [-0.05, 0) is 74.1 Å². The number of hydrogen-bond donors (Lipinski definition) is 1. The first-order valence-corrected chi connectivity index (χ1v) is 7.71. The third-order valence-electron chi connectivity index (χ3n) is 4.81. The lowest BCUT2D eigenvalue weighted by atomic mass is 9.69. The van der Waals surface area contributed by atoms with Crippen LogP contribution in [0.3, 0.4) is 0 Å². The minimum absolute atomic E-state index is 0.680. The van der Waals surface area contributed by atoms with Gasteiger partial charge < -0.3 is 5.11 Å². The zero-order valence-corrected chi connectivity index (χ0v) is 13.1. The standard InChI is InChI=1S/C18H26O2/c1-12(2)7-9-14-13(3)8-10-16-15(14)6-5-11-18(16,4)17(19)20/h8,10,12H,5-7,9,11H2,1-4H3,(H,19,20)/t18-/m0/s1. The summed E-state index contributed by atoms with van der Waals surface area (Å²) < 4.78 is 0. The van der Waals surface area contributed by atoms with Crippen molar-refractivity contribution < 1.29 is 9.90 Å². The van der Waals surface area contributed by atoms with Crippen LogP contribution in [-0.2, 0) is 23.1 Å².